The Hall–Kier alpha value is -1.33. The molecule has 0 aromatic heterocycles. The normalized spacial score (nSPS) is 34.8. The summed E-state index contributed by atoms with van der Waals surface area (Å²) in [4.78, 5) is 20.4. The van der Waals surface area contributed by atoms with Gasteiger partial charge in [0.2, 0.25) is 6.54 Å². The van der Waals surface area contributed by atoms with Crippen LogP contribution in [0.1, 0.15) is 6.42 Å². The quantitative estimate of drug-likeness (QED) is 0.234. The molecule has 0 spiro atoms. The van der Waals surface area contributed by atoms with Gasteiger partial charge >= 0.3 is 5.97 Å². The highest BCUT2D eigenvalue weighted by Gasteiger charge is 2.43. The highest BCUT2D eigenvalue weighted by Crippen LogP contribution is 2.20. The number of aliphatic hydroxyl groups excluding tert-OH is 4. The monoisotopic (exact) mass is 281 g/mol. The van der Waals surface area contributed by atoms with Crippen molar-refractivity contribution < 1.29 is 39.6 Å². The van der Waals surface area contributed by atoms with Crippen LogP contribution in [0, 0.1) is 10.1 Å². The van der Waals surface area contributed by atoms with Gasteiger partial charge in [-0.3, -0.25) is 14.9 Å². The third-order valence-corrected chi connectivity index (χ3v) is 2.59. The van der Waals surface area contributed by atoms with E-state index in [1.54, 1.807) is 0 Å². The van der Waals surface area contributed by atoms with Crippen molar-refractivity contribution in [3.63, 3.8) is 0 Å². The van der Waals surface area contributed by atoms with Crippen molar-refractivity contribution in [2.75, 3.05) is 13.2 Å². The number of hydrogen-bond acceptors (Lipinski definition) is 9. The highest BCUT2D eigenvalue weighted by molar-refractivity contribution is 5.69. The zero-order valence-corrected chi connectivity index (χ0v) is 9.79. The topological polar surface area (TPSA) is 160 Å². The molecule has 5 atom stereocenters. The van der Waals surface area contributed by atoms with E-state index in [2.05, 4.69) is 4.74 Å². The third-order valence-electron chi connectivity index (χ3n) is 2.59. The minimum atomic E-state index is -1.72. The van der Waals surface area contributed by atoms with Gasteiger partial charge in [-0.25, -0.2) is 0 Å². The number of carbonyl (C=O) groups excluding carboxylic acids is 1. The zero-order valence-electron chi connectivity index (χ0n) is 9.79. The van der Waals surface area contributed by atoms with E-state index in [9.17, 15) is 35.3 Å². The molecule has 0 amide bonds. The number of nitrogens with zero attached hydrogens (tertiary/aromatic N) is 1. The van der Waals surface area contributed by atoms with Gasteiger partial charge in [0.15, 0.2) is 6.29 Å². The molecule has 0 unspecified atom stereocenters. The van der Waals surface area contributed by atoms with Crippen LogP contribution in [0.3, 0.4) is 0 Å². The van der Waals surface area contributed by atoms with Gasteiger partial charge in [-0.2, -0.15) is 0 Å². The van der Waals surface area contributed by atoms with E-state index in [0.717, 1.165) is 0 Å². The van der Waals surface area contributed by atoms with Gasteiger partial charge in [0.1, 0.15) is 37.4 Å². The van der Waals surface area contributed by atoms with Crippen molar-refractivity contribution >= 4 is 5.97 Å². The Kier molecular flexibility index (Phi) is 5.57. The van der Waals surface area contributed by atoms with E-state index in [-0.39, 0.29) is 0 Å². The van der Waals surface area contributed by atoms with Crippen LogP contribution in [0.15, 0.2) is 0 Å². The maximum absolute atomic E-state index is 11.1. The lowest BCUT2D eigenvalue weighted by Crippen LogP contribution is -2.58. The lowest BCUT2D eigenvalue weighted by molar-refractivity contribution is -0.479. The van der Waals surface area contributed by atoms with Gasteiger partial charge < -0.3 is 29.9 Å². The molecule has 0 bridgehead atoms. The maximum Gasteiger partial charge on any atom is 0.312 e. The van der Waals surface area contributed by atoms with Crippen molar-refractivity contribution in [2.24, 2.45) is 0 Å². The third kappa shape index (κ3) is 4.36. The Bertz CT molecular complexity index is 336. The van der Waals surface area contributed by atoms with E-state index in [4.69, 9.17) is 4.74 Å². The van der Waals surface area contributed by atoms with Crippen LogP contribution in [0.4, 0.5) is 0 Å². The summed E-state index contributed by atoms with van der Waals surface area (Å²) in [6.07, 6.45) is -8.26. The molecule has 1 heterocycles. The molecule has 1 rings (SSSR count). The summed E-state index contributed by atoms with van der Waals surface area (Å²) in [6, 6.07) is 0. The summed E-state index contributed by atoms with van der Waals surface area (Å²) in [5.74, 6) is -0.873. The summed E-state index contributed by atoms with van der Waals surface area (Å²) < 4.78 is 9.34. The molecule has 110 valence electrons. The summed E-state index contributed by atoms with van der Waals surface area (Å²) in [7, 11) is 0. The smallest absolute Gasteiger partial charge is 0.312 e. The highest BCUT2D eigenvalue weighted by atomic mass is 16.7. The molecule has 0 radical (unpaired) electrons. The number of nitro groups is 1. The summed E-state index contributed by atoms with van der Waals surface area (Å²) in [5.41, 5.74) is 0. The van der Waals surface area contributed by atoms with Crippen LogP contribution in [-0.2, 0) is 14.3 Å². The lowest BCUT2D eigenvalue weighted by Gasteiger charge is -2.37. The number of ether oxygens (including phenoxy) is 2. The Morgan fingerprint density at radius 2 is 1.84 bits per heavy atom. The Balaban J connectivity index is 2.40. The fourth-order valence-corrected chi connectivity index (χ4v) is 1.50. The fraction of sp³-hybridized carbons (Fsp3) is 0.889. The predicted octanol–water partition coefficient (Wildman–Crippen LogP) is -3.00. The second-order valence-electron chi connectivity index (χ2n) is 4.03. The molecule has 1 saturated heterocycles. The minimum absolute atomic E-state index is 0.441. The Labute approximate surface area is 107 Å². The Morgan fingerprint density at radius 1 is 1.21 bits per heavy atom. The molecule has 1 aliphatic rings. The molecule has 4 N–H and O–H groups in total. The standard InChI is InChI=1S/C9H15NO9/c11-5(1-2-10(16)17)18-3-4-6(12)7(13)8(14)9(15)19-4/h4,6-9,12-15H,1-3H2/t4-,6-,7+,8-,9+/m1/s1. The summed E-state index contributed by atoms with van der Waals surface area (Å²) in [6.45, 7) is -1.09. The largest absolute Gasteiger partial charge is 0.463 e. The van der Waals surface area contributed by atoms with Crippen molar-refractivity contribution in [3.8, 4) is 0 Å². The Morgan fingerprint density at radius 3 is 2.42 bits per heavy atom. The summed E-state index contributed by atoms with van der Waals surface area (Å²) in [5, 5.41) is 47.3. The number of carbonyl (C=O) groups is 1. The van der Waals surface area contributed by atoms with E-state index in [0.29, 0.717) is 0 Å². The molecule has 0 aromatic carbocycles. The van der Waals surface area contributed by atoms with Gasteiger partial charge in [0, 0.05) is 4.92 Å². The van der Waals surface area contributed by atoms with Crippen molar-refractivity contribution in [1.29, 1.82) is 0 Å². The first-order valence-electron chi connectivity index (χ1n) is 5.48. The average Bonchev–Trinajstić information content (AvgIpc) is 2.36. The molecule has 0 saturated carbocycles. The van der Waals surface area contributed by atoms with Crippen LogP contribution in [-0.4, -0.2) is 75.2 Å². The van der Waals surface area contributed by atoms with E-state index < -0.39 is 61.2 Å². The molecular weight excluding hydrogens is 266 g/mol. The number of esters is 1. The molecule has 1 aliphatic heterocycles. The van der Waals surface area contributed by atoms with E-state index in [1.807, 2.05) is 0 Å². The van der Waals surface area contributed by atoms with Gasteiger partial charge in [-0.1, -0.05) is 0 Å². The van der Waals surface area contributed by atoms with Crippen LogP contribution in [0.2, 0.25) is 0 Å². The first kappa shape index (κ1) is 15.7. The van der Waals surface area contributed by atoms with Gasteiger partial charge in [-0.15, -0.1) is 0 Å². The SMILES string of the molecule is O=C(CC[N+](=O)[O-])OC[C@H]1O[C@H](O)[C@H](O)[C@@H](O)[C@@H]1O. The molecule has 19 heavy (non-hydrogen) atoms. The van der Waals surface area contributed by atoms with Crippen LogP contribution >= 0.6 is 0 Å². The number of aliphatic hydroxyl groups is 4. The number of rotatable bonds is 5. The predicted molar refractivity (Wildman–Crippen MR) is 56.3 cm³/mol. The van der Waals surface area contributed by atoms with Crippen molar-refractivity contribution in [2.45, 2.75) is 37.1 Å². The van der Waals surface area contributed by atoms with Gasteiger partial charge in [-0.05, 0) is 0 Å². The fourth-order valence-electron chi connectivity index (χ4n) is 1.50. The van der Waals surface area contributed by atoms with Gasteiger partial charge in [0.25, 0.3) is 0 Å². The average molecular weight is 281 g/mol. The second-order valence-corrected chi connectivity index (χ2v) is 4.03. The van der Waals surface area contributed by atoms with Crippen LogP contribution in [0.5, 0.6) is 0 Å². The second kappa shape index (κ2) is 6.73. The number of hydrogen-bond donors (Lipinski definition) is 4. The van der Waals surface area contributed by atoms with Crippen LogP contribution in [0.25, 0.3) is 0 Å². The summed E-state index contributed by atoms with van der Waals surface area (Å²) >= 11 is 0. The molecule has 0 aliphatic carbocycles. The van der Waals surface area contributed by atoms with Crippen molar-refractivity contribution in [1.82, 2.24) is 0 Å². The van der Waals surface area contributed by atoms with E-state index in [1.165, 1.54) is 0 Å². The first-order valence-corrected chi connectivity index (χ1v) is 5.48. The van der Waals surface area contributed by atoms with Gasteiger partial charge in [0.05, 0.1) is 0 Å². The van der Waals surface area contributed by atoms with Crippen LogP contribution < -0.4 is 0 Å². The van der Waals surface area contributed by atoms with E-state index >= 15 is 0 Å². The zero-order chi connectivity index (χ0) is 14.6. The maximum atomic E-state index is 11.1. The lowest BCUT2D eigenvalue weighted by atomic mass is 9.99. The molecule has 10 heteroatoms. The first-order chi connectivity index (χ1) is 8.82. The molecule has 0 aromatic rings. The molecule has 1 fully saturated rings. The van der Waals surface area contributed by atoms with Crippen molar-refractivity contribution in [3.05, 3.63) is 10.1 Å². The molecular formula is C9H15NO9. The molecule has 10 nitrogen and oxygen atoms in total. The minimum Gasteiger partial charge on any atom is -0.463 e.